The number of benzene rings is 1. The lowest BCUT2D eigenvalue weighted by molar-refractivity contribution is -0.120. The largest absolute Gasteiger partial charge is 0.390 e. The van der Waals surface area contributed by atoms with Gasteiger partial charge in [0.1, 0.15) is 5.71 Å². The minimum absolute atomic E-state index is 0.0129. The molecule has 7 nitrogen and oxygen atoms in total. The number of amides is 2. The van der Waals surface area contributed by atoms with Gasteiger partial charge in [0, 0.05) is 55.9 Å². The van der Waals surface area contributed by atoms with E-state index in [0.717, 1.165) is 24.2 Å². The Labute approximate surface area is 169 Å². The molecular formula is C20H24ClN5O2. The van der Waals surface area contributed by atoms with Gasteiger partial charge in [-0.1, -0.05) is 23.7 Å². The standard InChI is InChI=1S/C20H24ClN5O2/c1-23-16-10-26(11-20-7-13(20)6-17(27)25-20)9-15(16)18(22)19(28)24-8-12-2-4-14(21)5-3-12/h2-5,13,22-23H,6-11H2,1H3,(H,24,28)(H,25,27). The molecule has 3 aliphatic rings. The molecule has 2 atom stereocenters. The fourth-order valence-corrected chi connectivity index (χ4v) is 4.39. The number of carbonyl (C=O) groups excluding carboxylic acids is 2. The van der Waals surface area contributed by atoms with Gasteiger partial charge in [-0.3, -0.25) is 19.9 Å². The van der Waals surface area contributed by atoms with E-state index in [-0.39, 0.29) is 17.2 Å². The van der Waals surface area contributed by atoms with E-state index in [4.69, 9.17) is 17.0 Å². The smallest absolute Gasteiger partial charge is 0.269 e. The van der Waals surface area contributed by atoms with Gasteiger partial charge in [0.25, 0.3) is 5.91 Å². The zero-order valence-corrected chi connectivity index (χ0v) is 16.5. The van der Waals surface area contributed by atoms with Crippen LogP contribution in [-0.2, 0) is 16.1 Å². The van der Waals surface area contributed by atoms with Gasteiger partial charge in [0.15, 0.2) is 0 Å². The topological polar surface area (TPSA) is 97.3 Å². The summed E-state index contributed by atoms with van der Waals surface area (Å²) < 4.78 is 0. The fraction of sp³-hybridized carbons (Fsp3) is 0.450. The molecule has 2 heterocycles. The zero-order valence-electron chi connectivity index (χ0n) is 15.8. The van der Waals surface area contributed by atoms with Crippen LogP contribution in [-0.4, -0.2) is 54.6 Å². The van der Waals surface area contributed by atoms with Gasteiger partial charge in [0.2, 0.25) is 5.91 Å². The second kappa shape index (κ2) is 7.22. The minimum Gasteiger partial charge on any atom is -0.390 e. The third-order valence-electron chi connectivity index (χ3n) is 5.88. The van der Waals surface area contributed by atoms with Crippen LogP contribution in [0.4, 0.5) is 0 Å². The Kier molecular flexibility index (Phi) is 4.89. The first-order valence-corrected chi connectivity index (χ1v) is 9.83. The molecular weight excluding hydrogens is 378 g/mol. The van der Waals surface area contributed by atoms with Gasteiger partial charge in [-0.2, -0.15) is 0 Å². The molecule has 1 aromatic carbocycles. The van der Waals surface area contributed by atoms with Crippen LogP contribution in [0.2, 0.25) is 5.02 Å². The summed E-state index contributed by atoms with van der Waals surface area (Å²) in [5, 5.41) is 18.1. The molecule has 4 N–H and O–H groups in total. The molecule has 4 rings (SSSR count). The number of rotatable bonds is 7. The van der Waals surface area contributed by atoms with Crippen molar-refractivity contribution in [2.75, 3.05) is 26.7 Å². The normalized spacial score (nSPS) is 26.1. The number of hydrogen-bond donors (Lipinski definition) is 4. The van der Waals surface area contributed by atoms with Crippen molar-refractivity contribution in [1.29, 1.82) is 5.41 Å². The average molecular weight is 402 g/mol. The summed E-state index contributed by atoms with van der Waals surface area (Å²) in [5.41, 5.74) is 2.43. The molecule has 2 fully saturated rings. The monoisotopic (exact) mass is 401 g/mol. The summed E-state index contributed by atoms with van der Waals surface area (Å²) in [4.78, 5) is 26.3. The number of likely N-dealkylation sites (N-methyl/N-ethyl adjacent to an activating group) is 1. The van der Waals surface area contributed by atoms with Crippen molar-refractivity contribution in [3.05, 3.63) is 46.1 Å². The Balaban J connectivity index is 1.35. The highest BCUT2D eigenvalue weighted by Crippen LogP contribution is 2.50. The van der Waals surface area contributed by atoms with Crippen LogP contribution in [0.5, 0.6) is 0 Å². The van der Waals surface area contributed by atoms with Crippen LogP contribution in [0.3, 0.4) is 0 Å². The second-order valence-corrected chi connectivity index (χ2v) is 8.28. The van der Waals surface area contributed by atoms with E-state index in [2.05, 4.69) is 20.9 Å². The molecule has 2 aliphatic heterocycles. The summed E-state index contributed by atoms with van der Waals surface area (Å²) in [6.07, 6.45) is 1.65. The lowest BCUT2D eigenvalue weighted by Crippen LogP contribution is -2.43. The van der Waals surface area contributed by atoms with E-state index in [1.54, 1.807) is 12.1 Å². The van der Waals surface area contributed by atoms with Crippen LogP contribution in [0.15, 0.2) is 35.5 Å². The Bertz CT molecular complexity index is 866. The number of nitrogens with one attached hydrogen (secondary N) is 4. The molecule has 2 amide bonds. The summed E-state index contributed by atoms with van der Waals surface area (Å²) in [7, 11) is 1.81. The molecule has 0 radical (unpaired) electrons. The highest BCUT2D eigenvalue weighted by atomic mass is 35.5. The number of piperidine rings is 1. The third kappa shape index (κ3) is 3.64. The fourth-order valence-electron chi connectivity index (χ4n) is 4.26. The number of nitrogens with zero attached hydrogens (tertiary/aromatic N) is 1. The SMILES string of the molecule is CNC1=C(C(=N)C(=O)NCc2ccc(Cl)cc2)CN(CC23CC2CC(=O)N3)C1. The first-order valence-electron chi connectivity index (χ1n) is 9.45. The minimum atomic E-state index is -0.392. The van der Waals surface area contributed by atoms with Crippen molar-refractivity contribution in [1.82, 2.24) is 20.9 Å². The Morgan fingerprint density at radius 3 is 2.75 bits per heavy atom. The number of halogens is 1. The highest BCUT2D eigenvalue weighted by Gasteiger charge is 2.61. The average Bonchev–Trinajstić information content (AvgIpc) is 3.01. The van der Waals surface area contributed by atoms with Crippen molar-refractivity contribution < 1.29 is 9.59 Å². The molecule has 1 saturated heterocycles. The van der Waals surface area contributed by atoms with E-state index in [1.807, 2.05) is 19.2 Å². The van der Waals surface area contributed by atoms with Crippen molar-refractivity contribution in [3.8, 4) is 0 Å². The van der Waals surface area contributed by atoms with Crippen LogP contribution < -0.4 is 16.0 Å². The molecule has 8 heteroatoms. The maximum atomic E-state index is 12.5. The van der Waals surface area contributed by atoms with Crippen molar-refractivity contribution in [3.63, 3.8) is 0 Å². The molecule has 1 aliphatic carbocycles. The van der Waals surface area contributed by atoms with E-state index < -0.39 is 5.91 Å². The van der Waals surface area contributed by atoms with Gasteiger partial charge in [0.05, 0.1) is 5.54 Å². The number of fused-ring (bicyclic) bond motifs is 1. The van der Waals surface area contributed by atoms with Crippen LogP contribution in [0.1, 0.15) is 18.4 Å². The molecule has 0 spiro atoms. The van der Waals surface area contributed by atoms with Crippen molar-refractivity contribution in [2.24, 2.45) is 5.92 Å². The van der Waals surface area contributed by atoms with Gasteiger partial charge in [-0.25, -0.2) is 0 Å². The predicted molar refractivity (Wildman–Crippen MR) is 107 cm³/mol. The summed E-state index contributed by atoms with van der Waals surface area (Å²) >= 11 is 5.88. The van der Waals surface area contributed by atoms with Crippen LogP contribution in [0.25, 0.3) is 0 Å². The Hall–Kier alpha value is -2.38. The lowest BCUT2D eigenvalue weighted by Gasteiger charge is -2.22. The molecule has 1 saturated carbocycles. The summed E-state index contributed by atoms with van der Waals surface area (Å²) in [5.74, 6) is 0.173. The lowest BCUT2D eigenvalue weighted by atomic mass is 10.1. The van der Waals surface area contributed by atoms with E-state index >= 15 is 0 Å². The van der Waals surface area contributed by atoms with Crippen LogP contribution >= 0.6 is 11.6 Å². The molecule has 0 bridgehead atoms. The Morgan fingerprint density at radius 1 is 1.36 bits per heavy atom. The first-order chi connectivity index (χ1) is 13.4. The maximum absolute atomic E-state index is 12.5. The van der Waals surface area contributed by atoms with Gasteiger partial charge in [-0.15, -0.1) is 0 Å². The first kappa shape index (κ1) is 19.0. The molecule has 0 aromatic heterocycles. The Morgan fingerprint density at radius 2 is 2.11 bits per heavy atom. The predicted octanol–water partition coefficient (Wildman–Crippen LogP) is 1.04. The quantitative estimate of drug-likeness (QED) is 0.513. The van der Waals surface area contributed by atoms with Crippen molar-refractivity contribution in [2.45, 2.75) is 24.9 Å². The number of carbonyl (C=O) groups is 2. The summed E-state index contributed by atoms with van der Waals surface area (Å²) in [6, 6.07) is 7.25. The number of hydrogen-bond acceptors (Lipinski definition) is 5. The molecule has 28 heavy (non-hydrogen) atoms. The van der Waals surface area contributed by atoms with Crippen LogP contribution in [0, 0.1) is 11.3 Å². The molecule has 2 unspecified atom stereocenters. The third-order valence-corrected chi connectivity index (χ3v) is 6.13. The van der Waals surface area contributed by atoms with E-state index in [9.17, 15) is 9.59 Å². The van der Waals surface area contributed by atoms with E-state index in [1.165, 1.54) is 0 Å². The van der Waals surface area contributed by atoms with Gasteiger partial charge >= 0.3 is 0 Å². The second-order valence-electron chi connectivity index (χ2n) is 7.85. The zero-order chi connectivity index (χ0) is 19.9. The maximum Gasteiger partial charge on any atom is 0.269 e. The van der Waals surface area contributed by atoms with Gasteiger partial charge < -0.3 is 16.0 Å². The van der Waals surface area contributed by atoms with E-state index in [0.29, 0.717) is 42.6 Å². The molecule has 1 aromatic rings. The molecule has 148 valence electrons. The van der Waals surface area contributed by atoms with Gasteiger partial charge in [-0.05, 0) is 30.0 Å². The highest BCUT2D eigenvalue weighted by molar-refractivity contribution is 6.44. The summed E-state index contributed by atoms with van der Waals surface area (Å²) in [6.45, 7) is 2.30. The van der Waals surface area contributed by atoms with Crippen molar-refractivity contribution >= 4 is 29.1 Å².